The summed E-state index contributed by atoms with van der Waals surface area (Å²) in [6, 6.07) is 4.95. The van der Waals surface area contributed by atoms with Crippen molar-refractivity contribution in [2.75, 3.05) is 13.2 Å². The van der Waals surface area contributed by atoms with Crippen LogP contribution in [0.3, 0.4) is 0 Å². The third-order valence-electron chi connectivity index (χ3n) is 4.88. The first-order valence-corrected chi connectivity index (χ1v) is 9.50. The molecule has 1 aliphatic heterocycles. The van der Waals surface area contributed by atoms with Gasteiger partial charge in [0.25, 0.3) is 11.5 Å². The zero-order valence-corrected chi connectivity index (χ0v) is 15.0. The lowest BCUT2D eigenvalue weighted by Gasteiger charge is -2.22. The van der Waals surface area contributed by atoms with Crippen molar-refractivity contribution in [3.63, 3.8) is 0 Å². The number of fused-ring (bicyclic) bond motifs is 1. The van der Waals surface area contributed by atoms with Crippen molar-refractivity contribution in [3.8, 4) is 0 Å². The van der Waals surface area contributed by atoms with Crippen LogP contribution in [0.25, 0.3) is 0 Å². The van der Waals surface area contributed by atoms with E-state index in [1.54, 1.807) is 6.07 Å². The second-order valence-corrected chi connectivity index (χ2v) is 7.99. The van der Waals surface area contributed by atoms with Gasteiger partial charge in [-0.15, -0.1) is 11.3 Å². The number of amides is 1. The molecule has 25 heavy (non-hydrogen) atoms. The summed E-state index contributed by atoms with van der Waals surface area (Å²) in [5, 5.41) is 7.62. The number of hydrogen-bond donors (Lipinski definition) is 1. The van der Waals surface area contributed by atoms with Crippen LogP contribution >= 0.6 is 11.3 Å². The topological polar surface area (TPSA) is 73.2 Å². The van der Waals surface area contributed by atoms with E-state index in [1.165, 1.54) is 16.0 Å². The van der Waals surface area contributed by atoms with Crippen LogP contribution in [0, 0.1) is 6.92 Å². The van der Waals surface area contributed by atoms with Gasteiger partial charge in [0, 0.05) is 10.9 Å². The number of thiophene rings is 1. The first kappa shape index (κ1) is 16.5. The molecule has 1 aliphatic carbocycles. The molecule has 2 aromatic heterocycles. The van der Waals surface area contributed by atoms with Gasteiger partial charge in [-0.25, -0.2) is 4.68 Å². The Balaban J connectivity index is 1.57. The van der Waals surface area contributed by atoms with Crippen LogP contribution in [0.2, 0.25) is 0 Å². The summed E-state index contributed by atoms with van der Waals surface area (Å²) in [5.41, 5.74) is 1.97. The Bertz CT molecular complexity index is 857. The van der Waals surface area contributed by atoms with Crippen LogP contribution in [0.15, 0.2) is 23.0 Å². The maximum absolute atomic E-state index is 12.5. The summed E-state index contributed by atoms with van der Waals surface area (Å²) in [6.45, 7) is 2.76. The number of aryl methyl sites for hydroxylation is 3. The van der Waals surface area contributed by atoms with Gasteiger partial charge in [0.05, 0.1) is 29.8 Å². The van der Waals surface area contributed by atoms with Gasteiger partial charge in [-0.3, -0.25) is 9.59 Å². The van der Waals surface area contributed by atoms with Gasteiger partial charge < -0.3 is 10.1 Å². The van der Waals surface area contributed by atoms with Crippen molar-refractivity contribution in [2.24, 2.45) is 0 Å². The molecule has 0 saturated carbocycles. The van der Waals surface area contributed by atoms with Crippen LogP contribution in [-0.4, -0.2) is 34.9 Å². The number of rotatable bonds is 3. The van der Waals surface area contributed by atoms with Gasteiger partial charge in [0.1, 0.15) is 6.04 Å². The monoisotopic (exact) mass is 359 g/mol. The molecule has 0 spiro atoms. The molecule has 7 heteroatoms. The van der Waals surface area contributed by atoms with Gasteiger partial charge in [0.15, 0.2) is 0 Å². The Morgan fingerprint density at radius 2 is 2.16 bits per heavy atom. The molecule has 0 bridgehead atoms. The Labute approximate surface area is 149 Å². The molecule has 0 radical (unpaired) electrons. The predicted molar refractivity (Wildman–Crippen MR) is 95.3 cm³/mol. The molecule has 3 heterocycles. The lowest BCUT2D eigenvalue weighted by molar-refractivity contribution is 0.0928. The lowest BCUT2D eigenvalue weighted by atomic mass is 9.97. The predicted octanol–water partition coefficient (Wildman–Crippen LogP) is 1.86. The molecular formula is C18H21N3O3S. The van der Waals surface area contributed by atoms with E-state index in [0.717, 1.165) is 41.8 Å². The van der Waals surface area contributed by atoms with Gasteiger partial charge in [-0.05, 0) is 50.3 Å². The standard InChI is InChI=1S/C18H21N3O3S/c1-11-6-7-16(25-11)18(23)19-14-9-24-10-15(14)21-17(22)8-12-4-2-3-5-13(12)20-21/h6-8,14-15H,2-5,9-10H2,1H3,(H,19,23). The molecule has 0 aromatic carbocycles. The molecule has 2 unspecified atom stereocenters. The largest absolute Gasteiger partial charge is 0.377 e. The fraction of sp³-hybridized carbons (Fsp3) is 0.500. The quantitative estimate of drug-likeness (QED) is 0.908. The maximum Gasteiger partial charge on any atom is 0.267 e. The molecule has 1 amide bonds. The van der Waals surface area contributed by atoms with Crippen molar-refractivity contribution in [1.82, 2.24) is 15.1 Å². The van der Waals surface area contributed by atoms with Crippen LogP contribution in [0.1, 0.15) is 44.7 Å². The number of ether oxygens (including phenoxy) is 1. The second kappa shape index (κ2) is 6.72. The van der Waals surface area contributed by atoms with Crippen LogP contribution < -0.4 is 10.9 Å². The van der Waals surface area contributed by atoms with Crippen molar-refractivity contribution >= 4 is 17.2 Å². The molecule has 1 fully saturated rings. The average molecular weight is 359 g/mol. The van der Waals surface area contributed by atoms with E-state index in [0.29, 0.717) is 18.1 Å². The molecule has 1 N–H and O–H groups in total. The van der Waals surface area contributed by atoms with E-state index in [4.69, 9.17) is 4.74 Å². The smallest absolute Gasteiger partial charge is 0.267 e. The second-order valence-electron chi connectivity index (χ2n) is 6.70. The molecule has 2 aromatic rings. The number of nitrogens with one attached hydrogen (secondary N) is 1. The van der Waals surface area contributed by atoms with Crippen LogP contribution in [-0.2, 0) is 17.6 Å². The minimum absolute atomic E-state index is 0.109. The number of carbonyl (C=O) groups is 1. The van der Waals surface area contributed by atoms with E-state index >= 15 is 0 Å². The Kier molecular flexibility index (Phi) is 4.43. The molecule has 2 aliphatic rings. The normalized spacial score (nSPS) is 22.6. The fourth-order valence-corrected chi connectivity index (χ4v) is 4.30. The number of carbonyl (C=O) groups excluding carboxylic acids is 1. The molecular weight excluding hydrogens is 338 g/mol. The summed E-state index contributed by atoms with van der Waals surface area (Å²) in [5.74, 6) is -0.121. The Morgan fingerprint density at radius 3 is 2.96 bits per heavy atom. The third-order valence-corrected chi connectivity index (χ3v) is 5.88. The van der Waals surface area contributed by atoms with E-state index in [9.17, 15) is 9.59 Å². The Morgan fingerprint density at radius 1 is 1.32 bits per heavy atom. The van der Waals surface area contributed by atoms with Crippen molar-refractivity contribution in [1.29, 1.82) is 0 Å². The van der Waals surface area contributed by atoms with Crippen molar-refractivity contribution in [2.45, 2.75) is 44.7 Å². The van der Waals surface area contributed by atoms with E-state index < -0.39 is 0 Å². The zero-order valence-electron chi connectivity index (χ0n) is 14.2. The minimum atomic E-state index is -0.260. The first-order chi connectivity index (χ1) is 12.1. The molecule has 1 saturated heterocycles. The number of hydrogen-bond acceptors (Lipinski definition) is 5. The van der Waals surface area contributed by atoms with Crippen molar-refractivity contribution in [3.05, 3.63) is 49.6 Å². The van der Waals surface area contributed by atoms with E-state index in [1.807, 2.05) is 19.1 Å². The number of aromatic nitrogens is 2. The summed E-state index contributed by atoms with van der Waals surface area (Å²) < 4.78 is 7.07. The van der Waals surface area contributed by atoms with Gasteiger partial charge >= 0.3 is 0 Å². The van der Waals surface area contributed by atoms with E-state index in [2.05, 4.69) is 10.4 Å². The highest BCUT2D eigenvalue weighted by atomic mass is 32.1. The highest BCUT2D eigenvalue weighted by Crippen LogP contribution is 2.22. The Hall–Kier alpha value is -1.99. The molecule has 132 valence electrons. The lowest BCUT2D eigenvalue weighted by Crippen LogP contribution is -2.44. The fourth-order valence-electron chi connectivity index (χ4n) is 3.53. The van der Waals surface area contributed by atoms with Crippen LogP contribution in [0.5, 0.6) is 0 Å². The summed E-state index contributed by atoms with van der Waals surface area (Å²) in [6.07, 6.45) is 4.06. The van der Waals surface area contributed by atoms with Crippen molar-refractivity contribution < 1.29 is 9.53 Å². The van der Waals surface area contributed by atoms with Gasteiger partial charge in [-0.1, -0.05) is 0 Å². The van der Waals surface area contributed by atoms with Gasteiger partial charge in [-0.2, -0.15) is 5.10 Å². The average Bonchev–Trinajstić information content (AvgIpc) is 3.23. The third kappa shape index (κ3) is 3.26. The number of nitrogens with zero attached hydrogens (tertiary/aromatic N) is 2. The first-order valence-electron chi connectivity index (χ1n) is 8.68. The van der Waals surface area contributed by atoms with Gasteiger partial charge in [0.2, 0.25) is 0 Å². The highest BCUT2D eigenvalue weighted by Gasteiger charge is 2.33. The van der Waals surface area contributed by atoms with Crippen LogP contribution in [0.4, 0.5) is 0 Å². The van der Waals surface area contributed by atoms with E-state index in [-0.39, 0.29) is 23.6 Å². The summed E-state index contributed by atoms with van der Waals surface area (Å²) in [7, 11) is 0. The summed E-state index contributed by atoms with van der Waals surface area (Å²) in [4.78, 5) is 26.7. The summed E-state index contributed by atoms with van der Waals surface area (Å²) >= 11 is 1.46. The molecule has 4 rings (SSSR count). The minimum Gasteiger partial charge on any atom is -0.377 e. The SMILES string of the molecule is Cc1ccc(C(=O)NC2COCC2n2nc3c(cc2=O)CCCC3)s1. The molecule has 6 nitrogen and oxygen atoms in total. The highest BCUT2D eigenvalue weighted by molar-refractivity contribution is 7.13. The maximum atomic E-state index is 12.5. The molecule has 2 atom stereocenters. The zero-order chi connectivity index (χ0) is 17.4.